The van der Waals surface area contributed by atoms with Crippen molar-refractivity contribution in [2.75, 3.05) is 80.4 Å². The summed E-state index contributed by atoms with van der Waals surface area (Å²) in [6.07, 6.45) is 2.58. The first-order chi connectivity index (χ1) is 51.8. The predicted octanol–water partition coefficient (Wildman–Crippen LogP) is 10.3. The Hall–Kier alpha value is -5.38. The van der Waals surface area contributed by atoms with E-state index in [4.69, 9.17) is 44.1 Å². The Balaban J connectivity index is -0.000000403. The van der Waals surface area contributed by atoms with E-state index in [0.29, 0.717) is 99.5 Å². The highest BCUT2D eigenvalue weighted by Crippen LogP contribution is 2.27. The van der Waals surface area contributed by atoms with Crippen LogP contribution in [0.15, 0.2) is 8.83 Å². The number of methoxy groups -OCH3 is 2. The molecule has 1 aliphatic heterocycles. The van der Waals surface area contributed by atoms with E-state index in [9.17, 15) is 64.5 Å². The summed E-state index contributed by atoms with van der Waals surface area (Å²) in [4.78, 5) is 70.1. The lowest BCUT2D eigenvalue weighted by atomic mass is 9.90. The fraction of sp³-hybridized carbons (Fsp3) is 0.881. The summed E-state index contributed by atoms with van der Waals surface area (Å²) in [5.74, 6) is 1.82. The van der Waals surface area contributed by atoms with Crippen LogP contribution in [-0.2, 0) is 62.4 Å². The summed E-state index contributed by atoms with van der Waals surface area (Å²) in [7, 11) is 4.79. The average Bonchev–Trinajstić information content (AvgIpc) is 1.11. The minimum Gasteiger partial charge on any atom is -0.481 e. The van der Waals surface area contributed by atoms with Gasteiger partial charge < -0.3 is 100 Å². The summed E-state index contributed by atoms with van der Waals surface area (Å²) < 4.78 is 25.6. The fourth-order valence-corrected chi connectivity index (χ4v) is 8.98. The number of hydrogen-bond donors (Lipinski definition) is 13. The molecule has 0 radical (unpaired) electrons. The molecule has 3 rings (SSSR count). The lowest BCUT2D eigenvalue weighted by molar-refractivity contribution is -0.138. The third-order valence-electron chi connectivity index (χ3n) is 16.9. The van der Waals surface area contributed by atoms with Crippen LogP contribution < -0.4 is 16.4 Å². The molecule has 1 saturated heterocycles. The van der Waals surface area contributed by atoms with Gasteiger partial charge in [-0.25, -0.2) is 0 Å². The quantitative estimate of drug-likeness (QED) is 0.0282. The third kappa shape index (κ3) is 77.8. The van der Waals surface area contributed by atoms with Gasteiger partial charge in [0.05, 0.1) is 38.6 Å². The molecule has 2 aromatic rings. The lowest BCUT2D eigenvalue weighted by Gasteiger charge is -2.29. The number of rotatable bonds is 36. The van der Waals surface area contributed by atoms with Gasteiger partial charge in [-0.1, -0.05) is 173 Å². The van der Waals surface area contributed by atoms with Crippen LogP contribution in [-0.4, -0.2) is 246 Å². The number of aliphatic hydroxyl groups is 9. The number of nitrogens with one attached hydrogen (secondary N) is 2. The minimum atomic E-state index is -1.68. The first-order valence-electron chi connectivity index (χ1n) is 40.6. The number of carboxylic acids is 1. The fourth-order valence-electron chi connectivity index (χ4n) is 8.98. The number of carboxylic acid groups (broad SMARTS) is 1. The number of aryl methyl sites for hydroxylation is 3. The number of aliphatic carboxylic acids is 1. The molecular formula is C84H167N9O21. The number of nitrogens with zero attached hydrogens (tertiary/aromatic N) is 6. The van der Waals surface area contributed by atoms with Crippen molar-refractivity contribution in [2.45, 2.75) is 357 Å². The molecule has 674 valence electrons. The van der Waals surface area contributed by atoms with Crippen molar-refractivity contribution in [3.05, 3.63) is 23.6 Å². The molecule has 8 atom stereocenters. The molecule has 0 aliphatic carbocycles. The molecular weight excluding hydrogens is 1470 g/mol. The van der Waals surface area contributed by atoms with E-state index in [1.165, 1.54) is 17.7 Å². The number of likely N-dealkylation sites (tertiary alicyclic amines) is 1. The number of likely N-dealkylation sites (N-methyl/N-ethyl adjacent to an activating group) is 1. The topological polar surface area (TPSA) is 467 Å². The Morgan fingerprint density at radius 2 is 0.868 bits per heavy atom. The molecule has 2 aromatic heterocycles. The first kappa shape index (κ1) is 117. The van der Waals surface area contributed by atoms with E-state index in [1.54, 1.807) is 28.2 Å². The van der Waals surface area contributed by atoms with Gasteiger partial charge in [-0.3, -0.25) is 28.8 Å². The molecule has 5 amide bonds. The Bertz CT molecular complexity index is 2770. The van der Waals surface area contributed by atoms with Gasteiger partial charge in [0.15, 0.2) is 0 Å². The molecule has 0 saturated carbocycles. The summed E-state index contributed by atoms with van der Waals surface area (Å²) in [6.45, 7) is 57.8. The van der Waals surface area contributed by atoms with Crippen LogP contribution in [0.3, 0.4) is 0 Å². The summed E-state index contributed by atoms with van der Waals surface area (Å²) in [5, 5.41) is 114. The number of hydrogen-bond acceptors (Lipinski definition) is 24. The van der Waals surface area contributed by atoms with Gasteiger partial charge in [0.2, 0.25) is 53.1 Å². The zero-order valence-corrected chi connectivity index (χ0v) is 76.3. The number of ether oxygens (including phenoxy) is 3. The number of primary amides is 1. The smallest absolute Gasteiger partial charge is 0.303 e. The average molecular weight is 1640 g/mol. The van der Waals surface area contributed by atoms with Crippen LogP contribution in [0, 0.1) is 50.2 Å². The number of carbonyl (C=O) groups is 6. The van der Waals surface area contributed by atoms with Crippen molar-refractivity contribution in [1.82, 2.24) is 40.8 Å². The largest absolute Gasteiger partial charge is 0.481 e. The van der Waals surface area contributed by atoms with Crippen LogP contribution in [0.25, 0.3) is 0 Å². The van der Waals surface area contributed by atoms with E-state index in [1.807, 2.05) is 74.1 Å². The standard InChI is InChI=1S/C15H31NO5.C13H27NO6.C12H25NO3.C11H21NO.C10H18N2O2.C9H16N2O.C7H15NO.C7H14O2/c1-6-10(17)13(20)14(21)11(18)9-16(5)12(19)7-8-15(2,3)4;1-13(2,3)5-4-10(18)14-6-8(16)11(19)12(20)9(17)7-15;1-12(2,3)6-5-11(14)13-7-8-16-10-9-15-4;1-11(2,3)7-6-10(13)12-8-4-5-9-12;1-10(2,3)6-5-8-11-12-9(14-8)7-13-4;1-7-10-11-8(12-7)5-6-9(2,3)4;2*1-7(2,3)5-4-6(8)9/h10-11,13-14,17-18,20-21H,6-9H2,1-5H3;8-9,11-12,15-17,19-20H,4-7H2,1-3H3,(H,14,18);5-10H2,1-4H3,(H,13,14);4-9H2,1-3H3;5-7H2,1-4H3;5-6H2,1-4H3;4-5H2,1-3H3,(H2,8,9);4-5H2,1-3H3,(H,8,9). The Kier molecular flexibility index (Phi) is 61.8. The molecule has 30 nitrogen and oxygen atoms in total. The van der Waals surface area contributed by atoms with Crippen LogP contribution in [0.1, 0.15) is 306 Å². The van der Waals surface area contributed by atoms with Gasteiger partial charge in [-0.15, -0.1) is 20.4 Å². The Morgan fingerprint density at radius 3 is 1.25 bits per heavy atom. The highest BCUT2D eigenvalue weighted by atomic mass is 16.5. The van der Waals surface area contributed by atoms with Crippen molar-refractivity contribution in [3.8, 4) is 0 Å². The van der Waals surface area contributed by atoms with Gasteiger partial charge in [0.25, 0.3) is 0 Å². The second-order valence-electron chi connectivity index (χ2n) is 39.0. The highest BCUT2D eigenvalue weighted by molar-refractivity contribution is 5.77. The number of aromatic nitrogens is 4. The highest BCUT2D eigenvalue weighted by Gasteiger charge is 2.33. The molecule has 114 heavy (non-hydrogen) atoms. The predicted molar refractivity (Wildman–Crippen MR) is 446 cm³/mol. The van der Waals surface area contributed by atoms with Crippen molar-refractivity contribution in [2.24, 2.45) is 49.1 Å². The molecule has 0 spiro atoms. The normalized spacial score (nSPS) is 14.7. The maximum atomic E-state index is 11.9. The molecule has 0 aromatic carbocycles. The summed E-state index contributed by atoms with van der Waals surface area (Å²) in [6, 6.07) is 0. The molecule has 1 fully saturated rings. The van der Waals surface area contributed by atoms with Crippen molar-refractivity contribution in [1.29, 1.82) is 0 Å². The molecule has 8 unspecified atom stereocenters. The van der Waals surface area contributed by atoms with Crippen molar-refractivity contribution < 1.29 is 103 Å². The number of amides is 5. The molecule has 30 heteroatoms. The van der Waals surface area contributed by atoms with Crippen LogP contribution in [0.5, 0.6) is 0 Å². The van der Waals surface area contributed by atoms with Gasteiger partial charge in [-0.05, 0) is 114 Å². The van der Waals surface area contributed by atoms with E-state index >= 15 is 0 Å². The minimum absolute atomic E-state index is 0.0247. The number of nitrogens with two attached hydrogens (primary N) is 1. The van der Waals surface area contributed by atoms with E-state index in [0.717, 1.165) is 83.2 Å². The molecule has 0 bridgehead atoms. The zero-order valence-electron chi connectivity index (χ0n) is 76.3. The van der Waals surface area contributed by atoms with Gasteiger partial charge in [0, 0.05) is 112 Å². The van der Waals surface area contributed by atoms with Crippen LogP contribution in [0.2, 0.25) is 0 Å². The van der Waals surface area contributed by atoms with Gasteiger partial charge >= 0.3 is 5.97 Å². The SMILES string of the molecule is CC(C)(C)CCC(=O)N1CCCC1.CC(C)(C)CCC(=O)NCC(O)C(O)C(O)C(O)CO.CC(C)(C)CCC(=O)O.CC(C)(C)CCC(N)=O.CCC(O)C(O)C(O)C(O)CN(C)C(=O)CCC(C)(C)C.COCCOCCNC(=O)CCC(C)(C)C.COCc1nnc(CCC(C)(C)C)o1.Cc1nnc(CCC(C)(C)C)o1. The molecule has 1 aliphatic rings. The lowest BCUT2D eigenvalue weighted by Crippen LogP contribution is -2.49. The first-order valence-corrected chi connectivity index (χ1v) is 40.6. The zero-order chi connectivity index (χ0) is 89.8. The van der Waals surface area contributed by atoms with Gasteiger partial charge in [0.1, 0.15) is 43.2 Å². The Labute approximate surface area is 686 Å². The van der Waals surface area contributed by atoms with Crippen LogP contribution >= 0.6 is 0 Å². The van der Waals surface area contributed by atoms with Crippen molar-refractivity contribution in [3.63, 3.8) is 0 Å². The van der Waals surface area contributed by atoms with Crippen molar-refractivity contribution >= 4 is 35.5 Å². The number of aliphatic hydroxyl groups excluding tert-OH is 9. The second-order valence-corrected chi connectivity index (χ2v) is 39.0. The maximum Gasteiger partial charge on any atom is 0.303 e. The Morgan fingerprint density at radius 1 is 0.482 bits per heavy atom. The summed E-state index contributed by atoms with van der Waals surface area (Å²) >= 11 is 0. The monoisotopic (exact) mass is 1640 g/mol. The van der Waals surface area contributed by atoms with Crippen LogP contribution in [0.4, 0.5) is 0 Å². The number of carbonyl (C=O) groups excluding carboxylic acids is 5. The third-order valence-corrected chi connectivity index (χ3v) is 16.9. The maximum absolute atomic E-state index is 11.9. The second kappa shape index (κ2) is 60.1. The van der Waals surface area contributed by atoms with E-state index in [-0.39, 0.29) is 82.0 Å². The molecule has 14 N–H and O–H groups in total. The molecule has 3 heterocycles. The summed E-state index contributed by atoms with van der Waals surface area (Å²) in [5.41, 5.74) is 6.56. The van der Waals surface area contributed by atoms with Gasteiger partial charge in [-0.2, -0.15) is 0 Å². The van der Waals surface area contributed by atoms with E-state index in [2.05, 4.69) is 135 Å². The van der Waals surface area contributed by atoms with E-state index < -0.39 is 61.4 Å².